The van der Waals surface area contributed by atoms with Gasteiger partial charge in [-0.05, 0) is 52.3 Å². The number of amides is 1. The molecule has 0 fully saturated rings. The van der Waals surface area contributed by atoms with Crippen LogP contribution in [0.3, 0.4) is 0 Å². The highest BCUT2D eigenvalue weighted by atomic mass is 79.9. The van der Waals surface area contributed by atoms with Crippen LogP contribution in [0.15, 0.2) is 90.4 Å². The number of nitrogens with zero attached hydrogens (tertiary/aromatic N) is 4. The molecule has 0 aliphatic heterocycles. The van der Waals surface area contributed by atoms with Crippen molar-refractivity contribution in [2.24, 2.45) is 5.10 Å². The van der Waals surface area contributed by atoms with Crippen LogP contribution in [-0.2, 0) is 4.79 Å². The monoisotopic (exact) mass is 663 g/mol. The molecule has 1 amide bonds. The molecular weight excluding hydrogens is 650 g/mol. The van der Waals surface area contributed by atoms with Crippen molar-refractivity contribution in [3.63, 3.8) is 0 Å². The first-order chi connectivity index (χ1) is 16.4. The van der Waals surface area contributed by atoms with E-state index in [1.165, 1.54) is 18.0 Å². The Labute approximate surface area is 225 Å². The lowest BCUT2D eigenvalue weighted by Crippen LogP contribution is -2.20. The molecule has 0 saturated heterocycles. The summed E-state index contributed by atoms with van der Waals surface area (Å²) in [6.07, 6.45) is 1.38. The quantitative estimate of drug-likeness (QED) is 0.140. The van der Waals surface area contributed by atoms with Crippen LogP contribution in [0.2, 0.25) is 0 Å². The van der Waals surface area contributed by atoms with E-state index >= 15 is 0 Å². The lowest BCUT2D eigenvalue weighted by molar-refractivity contribution is -0.118. The minimum absolute atomic E-state index is 0.0339. The number of aromatic hydroxyl groups is 1. The number of rotatable bonds is 7. The molecule has 1 heterocycles. The molecule has 1 aromatic heterocycles. The van der Waals surface area contributed by atoms with Gasteiger partial charge in [0.05, 0.1) is 16.4 Å². The molecule has 0 spiro atoms. The first-order valence-electron chi connectivity index (χ1n) is 9.82. The van der Waals surface area contributed by atoms with E-state index in [2.05, 4.69) is 68.5 Å². The van der Waals surface area contributed by atoms with Crippen molar-refractivity contribution < 1.29 is 9.90 Å². The summed E-state index contributed by atoms with van der Waals surface area (Å²) in [5, 5.41) is 23.3. The van der Waals surface area contributed by atoms with E-state index in [9.17, 15) is 9.90 Å². The van der Waals surface area contributed by atoms with Gasteiger partial charge in [0.25, 0.3) is 5.91 Å². The number of hydrogen-bond acceptors (Lipinski definition) is 6. The number of thioether (sulfide) groups is 1. The van der Waals surface area contributed by atoms with Gasteiger partial charge in [-0.15, -0.1) is 10.2 Å². The van der Waals surface area contributed by atoms with Crippen LogP contribution in [0.4, 0.5) is 0 Å². The van der Waals surface area contributed by atoms with E-state index in [1.54, 1.807) is 12.1 Å². The van der Waals surface area contributed by atoms with Crippen molar-refractivity contribution >= 4 is 71.7 Å². The van der Waals surface area contributed by atoms with E-state index in [1.807, 2.05) is 59.2 Å². The number of halogens is 3. The van der Waals surface area contributed by atoms with E-state index in [0.717, 1.165) is 20.2 Å². The highest BCUT2D eigenvalue weighted by molar-refractivity contribution is 9.11. The van der Waals surface area contributed by atoms with Crippen molar-refractivity contribution in [1.82, 2.24) is 20.2 Å². The highest BCUT2D eigenvalue weighted by Crippen LogP contribution is 2.31. The van der Waals surface area contributed by atoms with Crippen LogP contribution < -0.4 is 5.43 Å². The van der Waals surface area contributed by atoms with Crippen LogP contribution >= 0.6 is 59.6 Å². The Hall–Kier alpha value is -2.47. The molecule has 3 aromatic carbocycles. The summed E-state index contributed by atoms with van der Waals surface area (Å²) in [5.41, 5.74) is 4.73. The van der Waals surface area contributed by atoms with E-state index in [-0.39, 0.29) is 17.4 Å². The van der Waals surface area contributed by atoms with E-state index in [4.69, 9.17) is 0 Å². The smallest absolute Gasteiger partial charge is 0.250 e. The van der Waals surface area contributed by atoms with Crippen LogP contribution in [0.1, 0.15) is 5.56 Å². The molecule has 2 N–H and O–H groups in total. The number of nitrogens with one attached hydrogen (secondary N) is 1. The maximum Gasteiger partial charge on any atom is 0.250 e. The minimum atomic E-state index is -0.318. The Kier molecular flexibility index (Phi) is 8.19. The normalized spacial score (nSPS) is 11.1. The Balaban J connectivity index is 1.50. The summed E-state index contributed by atoms with van der Waals surface area (Å²) in [7, 11) is 0. The number of carbonyl (C=O) groups is 1. The van der Waals surface area contributed by atoms with Gasteiger partial charge in [-0.25, -0.2) is 5.43 Å². The Bertz CT molecular complexity index is 1340. The van der Waals surface area contributed by atoms with Gasteiger partial charge in [0.1, 0.15) is 5.75 Å². The predicted molar refractivity (Wildman–Crippen MR) is 144 cm³/mol. The van der Waals surface area contributed by atoms with Crippen LogP contribution in [0.25, 0.3) is 17.1 Å². The van der Waals surface area contributed by atoms with Crippen molar-refractivity contribution in [3.05, 3.63) is 85.7 Å². The average molecular weight is 666 g/mol. The second-order valence-electron chi connectivity index (χ2n) is 6.89. The van der Waals surface area contributed by atoms with Crippen molar-refractivity contribution in [2.45, 2.75) is 5.16 Å². The third-order valence-corrected chi connectivity index (χ3v) is 7.05. The molecule has 0 bridgehead atoms. The van der Waals surface area contributed by atoms with Crippen LogP contribution in [0.5, 0.6) is 5.75 Å². The van der Waals surface area contributed by atoms with Gasteiger partial charge in [0, 0.05) is 25.8 Å². The summed E-state index contributed by atoms with van der Waals surface area (Å²) in [4.78, 5) is 12.4. The SMILES string of the molecule is O=C(CSc1nnc(-c2ccccc2)n1-c1ccc(Br)cc1)N/N=C/c1cc(Br)cc(Br)c1O. The minimum Gasteiger partial charge on any atom is -0.506 e. The molecule has 0 radical (unpaired) electrons. The first kappa shape index (κ1) is 24.6. The summed E-state index contributed by atoms with van der Waals surface area (Å²) >= 11 is 11.3. The zero-order chi connectivity index (χ0) is 24.1. The van der Waals surface area contributed by atoms with Gasteiger partial charge in [-0.2, -0.15) is 5.10 Å². The highest BCUT2D eigenvalue weighted by Gasteiger charge is 2.17. The second kappa shape index (κ2) is 11.3. The summed E-state index contributed by atoms with van der Waals surface area (Å²) < 4.78 is 4.16. The Morgan fingerprint density at radius 2 is 1.76 bits per heavy atom. The van der Waals surface area contributed by atoms with Gasteiger partial charge in [0.15, 0.2) is 11.0 Å². The molecule has 4 aromatic rings. The summed E-state index contributed by atoms with van der Waals surface area (Å²) in [6, 6.07) is 20.9. The van der Waals surface area contributed by atoms with Crippen molar-refractivity contribution in [3.8, 4) is 22.8 Å². The van der Waals surface area contributed by atoms with Crippen molar-refractivity contribution in [1.29, 1.82) is 0 Å². The molecule has 4 rings (SSSR count). The fourth-order valence-electron chi connectivity index (χ4n) is 2.98. The molecule has 11 heteroatoms. The summed E-state index contributed by atoms with van der Waals surface area (Å²) in [5.74, 6) is 0.474. The topological polar surface area (TPSA) is 92.4 Å². The molecule has 172 valence electrons. The second-order valence-corrected chi connectivity index (χ2v) is 10.5. The number of aromatic nitrogens is 3. The van der Waals surface area contributed by atoms with Gasteiger partial charge < -0.3 is 5.11 Å². The average Bonchev–Trinajstić information content (AvgIpc) is 3.26. The standard InChI is InChI=1S/C23H16Br3N5O2S/c24-16-6-8-18(9-7-16)31-22(14-4-2-1-3-5-14)29-30-23(31)34-13-20(32)28-27-12-15-10-17(25)11-19(26)21(15)33/h1-12,33H,13H2,(H,28,32)/b27-12+. The molecule has 0 unspecified atom stereocenters. The third-order valence-electron chi connectivity index (χ3n) is 4.53. The van der Waals surface area contributed by atoms with E-state index in [0.29, 0.717) is 21.0 Å². The number of benzene rings is 3. The van der Waals surface area contributed by atoms with Gasteiger partial charge >= 0.3 is 0 Å². The maximum atomic E-state index is 12.4. The first-order valence-corrected chi connectivity index (χ1v) is 13.2. The maximum absolute atomic E-state index is 12.4. The van der Waals surface area contributed by atoms with Gasteiger partial charge in [-0.1, -0.05) is 74.0 Å². The van der Waals surface area contributed by atoms with Crippen LogP contribution in [0, 0.1) is 0 Å². The van der Waals surface area contributed by atoms with Crippen LogP contribution in [-0.4, -0.2) is 37.7 Å². The summed E-state index contributed by atoms with van der Waals surface area (Å²) in [6.45, 7) is 0. The number of hydrogen-bond donors (Lipinski definition) is 2. The fraction of sp³-hybridized carbons (Fsp3) is 0.0435. The predicted octanol–water partition coefficient (Wildman–Crippen LogP) is 6.17. The van der Waals surface area contributed by atoms with Crippen molar-refractivity contribution in [2.75, 3.05) is 5.75 Å². The Morgan fingerprint density at radius 3 is 2.50 bits per heavy atom. The number of phenols is 1. The lowest BCUT2D eigenvalue weighted by atomic mass is 10.2. The molecule has 0 aliphatic rings. The number of hydrazone groups is 1. The molecule has 0 aliphatic carbocycles. The zero-order valence-electron chi connectivity index (χ0n) is 17.3. The zero-order valence-corrected chi connectivity index (χ0v) is 22.9. The molecule has 34 heavy (non-hydrogen) atoms. The number of carbonyl (C=O) groups excluding carboxylic acids is 1. The lowest BCUT2D eigenvalue weighted by Gasteiger charge is -2.10. The molecular formula is C23H16Br3N5O2S. The fourth-order valence-corrected chi connectivity index (χ4v) is 5.25. The van der Waals surface area contributed by atoms with Gasteiger partial charge in [0.2, 0.25) is 0 Å². The molecule has 0 saturated carbocycles. The van der Waals surface area contributed by atoms with Gasteiger partial charge in [-0.3, -0.25) is 9.36 Å². The Morgan fingerprint density at radius 1 is 1.03 bits per heavy atom. The third kappa shape index (κ3) is 5.96. The largest absolute Gasteiger partial charge is 0.506 e. The molecule has 0 atom stereocenters. The van der Waals surface area contributed by atoms with E-state index < -0.39 is 0 Å². The number of phenolic OH excluding ortho intramolecular Hbond substituents is 1. The molecule has 7 nitrogen and oxygen atoms in total.